The van der Waals surface area contributed by atoms with E-state index in [-0.39, 0.29) is 11.9 Å². The zero-order chi connectivity index (χ0) is 13.3. The molecule has 3 nitrogen and oxygen atoms in total. The summed E-state index contributed by atoms with van der Waals surface area (Å²) in [6, 6.07) is 5.02. The molecule has 0 aliphatic heterocycles. The van der Waals surface area contributed by atoms with Gasteiger partial charge in [-0.05, 0) is 48.0 Å². The molecule has 5 heteroatoms. The van der Waals surface area contributed by atoms with E-state index in [1.165, 1.54) is 6.07 Å². The molecular weight excluding hydrogens is 297 g/mol. The molecule has 0 bridgehead atoms. The lowest BCUT2D eigenvalue weighted by Crippen LogP contribution is -2.07. The van der Waals surface area contributed by atoms with Crippen molar-refractivity contribution in [3.8, 4) is 0 Å². The van der Waals surface area contributed by atoms with E-state index in [0.717, 1.165) is 16.9 Å². The van der Waals surface area contributed by atoms with Crippen LogP contribution in [0.2, 0.25) is 0 Å². The third-order valence-corrected chi connectivity index (χ3v) is 3.43. The quantitative estimate of drug-likeness (QED) is 0.934. The van der Waals surface area contributed by atoms with Crippen LogP contribution < -0.4 is 5.32 Å². The first-order valence-corrected chi connectivity index (χ1v) is 6.48. The number of benzene rings is 1. The fourth-order valence-electron chi connectivity index (χ4n) is 1.96. The summed E-state index contributed by atoms with van der Waals surface area (Å²) in [4.78, 5) is 0. The lowest BCUT2D eigenvalue weighted by Gasteiger charge is -2.15. The zero-order valence-corrected chi connectivity index (χ0v) is 12.1. The van der Waals surface area contributed by atoms with E-state index < -0.39 is 0 Å². The Labute approximate surface area is 114 Å². The van der Waals surface area contributed by atoms with E-state index in [1.807, 2.05) is 20.2 Å². The molecule has 1 atom stereocenters. The first kappa shape index (κ1) is 13.1. The fraction of sp³-hybridized carbons (Fsp3) is 0.308. The first-order chi connectivity index (χ1) is 8.47. The molecule has 0 aliphatic carbocycles. The lowest BCUT2D eigenvalue weighted by atomic mass is 10.1. The number of nitrogens with zero attached hydrogens (tertiary/aromatic N) is 2. The van der Waals surface area contributed by atoms with E-state index in [1.54, 1.807) is 16.8 Å². The van der Waals surface area contributed by atoms with E-state index in [0.29, 0.717) is 4.47 Å². The average molecular weight is 312 g/mol. The summed E-state index contributed by atoms with van der Waals surface area (Å²) < 4.78 is 15.4. The number of rotatable bonds is 3. The topological polar surface area (TPSA) is 29.9 Å². The Bertz CT molecular complexity index is 565. The number of hydrogen-bond donors (Lipinski definition) is 1. The van der Waals surface area contributed by atoms with Crippen LogP contribution in [0.5, 0.6) is 0 Å². The zero-order valence-electron chi connectivity index (χ0n) is 10.5. The molecule has 2 aromatic rings. The van der Waals surface area contributed by atoms with E-state index in [9.17, 15) is 4.39 Å². The molecule has 0 radical (unpaired) electrons. The predicted molar refractivity (Wildman–Crippen MR) is 74.1 cm³/mol. The molecule has 0 saturated heterocycles. The molecule has 1 N–H and O–H groups in total. The van der Waals surface area contributed by atoms with Gasteiger partial charge in [0, 0.05) is 24.5 Å². The van der Waals surface area contributed by atoms with Crippen LogP contribution in [-0.4, -0.2) is 9.78 Å². The van der Waals surface area contributed by atoms with Crippen LogP contribution >= 0.6 is 15.9 Å². The fourth-order valence-corrected chi connectivity index (χ4v) is 2.34. The molecule has 0 aliphatic rings. The minimum absolute atomic E-state index is 0.121. The Hall–Kier alpha value is -1.36. The SMILES string of the molecule is Cc1nn(C)cc1C(C)Nc1ccc(F)c(Br)c1. The van der Waals surface area contributed by atoms with Gasteiger partial charge in [0.1, 0.15) is 5.82 Å². The minimum atomic E-state index is -0.259. The smallest absolute Gasteiger partial charge is 0.137 e. The molecule has 1 aromatic heterocycles. The molecule has 18 heavy (non-hydrogen) atoms. The van der Waals surface area contributed by atoms with Gasteiger partial charge in [-0.1, -0.05) is 0 Å². The second-order valence-electron chi connectivity index (χ2n) is 4.34. The molecule has 96 valence electrons. The molecule has 1 aromatic carbocycles. The van der Waals surface area contributed by atoms with Crippen LogP contribution in [0.15, 0.2) is 28.9 Å². The van der Waals surface area contributed by atoms with Gasteiger partial charge in [-0.25, -0.2) is 4.39 Å². The highest BCUT2D eigenvalue weighted by molar-refractivity contribution is 9.10. The van der Waals surface area contributed by atoms with E-state index >= 15 is 0 Å². The van der Waals surface area contributed by atoms with Crippen LogP contribution in [0.4, 0.5) is 10.1 Å². The monoisotopic (exact) mass is 311 g/mol. The van der Waals surface area contributed by atoms with Crippen molar-refractivity contribution in [3.05, 3.63) is 45.9 Å². The van der Waals surface area contributed by atoms with Gasteiger partial charge in [0.25, 0.3) is 0 Å². The Morgan fingerprint density at radius 3 is 2.72 bits per heavy atom. The summed E-state index contributed by atoms with van der Waals surface area (Å²) in [6.45, 7) is 4.04. The van der Waals surface area contributed by atoms with Crippen molar-refractivity contribution < 1.29 is 4.39 Å². The molecule has 0 saturated carbocycles. The number of aryl methyl sites for hydroxylation is 2. The Morgan fingerprint density at radius 1 is 1.44 bits per heavy atom. The summed E-state index contributed by atoms with van der Waals surface area (Å²) in [5.74, 6) is -0.259. The summed E-state index contributed by atoms with van der Waals surface area (Å²) in [6.07, 6.45) is 1.99. The predicted octanol–water partition coefficient (Wildman–Crippen LogP) is 3.80. The summed E-state index contributed by atoms with van der Waals surface area (Å²) in [7, 11) is 1.90. The van der Waals surface area contributed by atoms with Crippen LogP contribution in [-0.2, 0) is 7.05 Å². The molecule has 0 amide bonds. The molecular formula is C13H15BrFN3. The van der Waals surface area contributed by atoms with Crippen LogP contribution in [0.1, 0.15) is 24.2 Å². The molecule has 0 fully saturated rings. The van der Waals surface area contributed by atoms with Crippen LogP contribution in [0, 0.1) is 12.7 Å². The molecule has 2 rings (SSSR count). The average Bonchev–Trinajstić information content (AvgIpc) is 2.63. The summed E-state index contributed by atoms with van der Waals surface area (Å²) in [5.41, 5.74) is 3.01. The highest BCUT2D eigenvalue weighted by Crippen LogP contribution is 2.25. The standard InChI is InChI=1S/C13H15BrFN3/c1-8(11-7-18(3)17-9(11)2)16-10-4-5-13(15)12(14)6-10/h4-8,16H,1-3H3. The van der Waals surface area contributed by atoms with Gasteiger partial charge in [0.05, 0.1) is 16.2 Å². The van der Waals surface area contributed by atoms with Gasteiger partial charge in [-0.2, -0.15) is 5.10 Å². The second kappa shape index (κ2) is 5.10. The van der Waals surface area contributed by atoms with Crippen molar-refractivity contribution in [2.24, 2.45) is 7.05 Å². The van der Waals surface area contributed by atoms with Gasteiger partial charge in [0.15, 0.2) is 0 Å². The minimum Gasteiger partial charge on any atom is -0.378 e. The van der Waals surface area contributed by atoms with E-state index in [2.05, 4.69) is 33.3 Å². The Kier molecular flexibility index (Phi) is 3.71. The third-order valence-electron chi connectivity index (χ3n) is 2.82. The molecule has 1 unspecified atom stereocenters. The lowest BCUT2D eigenvalue weighted by molar-refractivity contribution is 0.621. The van der Waals surface area contributed by atoms with Crippen molar-refractivity contribution >= 4 is 21.6 Å². The van der Waals surface area contributed by atoms with Gasteiger partial charge >= 0.3 is 0 Å². The Morgan fingerprint density at radius 2 is 2.17 bits per heavy atom. The Balaban J connectivity index is 2.18. The maximum atomic E-state index is 13.1. The van der Waals surface area contributed by atoms with Gasteiger partial charge < -0.3 is 5.32 Å². The van der Waals surface area contributed by atoms with Gasteiger partial charge in [0.2, 0.25) is 0 Å². The van der Waals surface area contributed by atoms with Crippen molar-refractivity contribution in [3.63, 3.8) is 0 Å². The highest BCUT2D eigenvalue weighted by Gasteiger charge is 2.12. The largest absolute Gasteiger partial charge is 0.378 e. The normalized spacial score (nSPS) is 12.5. The summed E-state index contributed by atoms with van der Waals surface area (Å²) >= 11 is 3.18. The van der Waals surface area contributed by atoms with Gasteiger partial charge in [-0.3, -0.25) is 4.68 Å². The second-order valence-corrected chi connectivity index (χ2v) is 5.19. The maximum absolute atomic E-state index is 13.1. The van der Waals surface area contributed by atoms with E-state index in [4.69, 9.17) is 0 Å². The first-order valence-electron chi connectivity index (χ1n) is 5.69. The number of halogens is 2. The van der Waals surface area contributed by atoms with Crippen molar-refractivity contribution in [1.29, 1.82) is 0 Å². The molecule has 1 heterocycles. The molecule has 0 spiro atoms. The van der Waals surface area contributed by atoms with Gasteiger partial charge in [-0.15, -0.1) is 0 Å². The van der Waals surface area contributed by atoms with Crippen LogP contribution in [0.3, 0.4) is 0 Å². The van der Waals surface area contributed by atoms with Crippen molar-refractivity contribution in [2.45, 2.75) is 19.9 Å². The number of nitrogens with one attached hydrogen (secondary N) is 1. The number of aromatic nitrogens is 2. The summed E-state index contributed by atoms with van der Waals surface area (Å²) in [5, 5.41) is 7.64. The maximum Gasteiger partial charge on any atom is 0.137 e. The number of anilines is 1. The van der Waals surface area contributed by atoms with Crippen LogP contribution in [0.25, 0.3) is 0 Å². The third kappa shape index (κ3) is 2.72. The van der Waals surface area contributed by atoms with Crippen molar-refractivity contribution in [1.82, 2.24) is 9.78 Å². The number of hydrogen-bond acceptors (Lipinski definition) is 2. The van der Waals surface area contributed by atoms with Crippen molar-refractivity contribution in [2.75, 3.05) is 5.32 Å². The highest BCUT2D eigenvalue weighted by atomic mass is 79.9.